The number of methoxy groups -OCH3 is 1. The van der Waals surface area contributed by atoms with Gasteiger partial charge >= 0.3 is 0 Å². The summed E-state index contributed by atoms with van der Waals surface area (Å²) in [5.74, 6) is 1.15. The number of hydrogen-bond donors (Lipinski definition) is 0. The summed E-state index contributed by atoms with van der Waals surface area (Å²) in [5.41, 5.74) is 4.56. The van der Waals surface area contributed by atoms with Crippen LogP contribution < -0.4 is 9.47 Å². The average molecular weight is 422 g/mol. The molecule has 1 heterocycles. The first kappa shape index (κ1) is 22.4. The molecule has 31 heavy (non-hydrogen) atoms. The number of aryl methyl sites for hydroxylation is 1. The predicted molar refractivity (Wildman–Crippen MR) is 122 cm³/mol. The quantitative estimate of drug-likeness (QED) is 0.459. The predicted octanol–water partition coefficient (Wildman–Crippen LogP) is 4.95. The van der Waals surface area contributed by atoms with E-state index in [1.54, 1.807) is 37.3 Å². The topological polar surface area (TPSA) is 56.6 Å². The highest BCUT2D eigenvalue weighted by atomic mass is 16.5. The van der Waals surface area contributed by atoms with Crippen LogP contribution in [0.4, 0.5) is 0 Å². The molecule has 164 valence electrons. The van der Waals surface area contributed by atoms with Gasteiger partial charge in [-0.15, -0.1) is 0 Å². The summed E-state index contributed by atoms with van der Waals surface area (Å²) in [4.78, 5) is 14.8. The standard InChI is InChI=1S/C25H31N3O3/c1-6-7-15-31-23-14-13-20(16-24(23)30-5)25(29)27(4)17-22-18(2)26-28(19(22)3)21-11-9-8-10-12-21/h8-14,16H,6-7,15,17H2,1-5H3. The molecule has 0 radical (unpaired) electrons. The largest absolute Gasteiger partial charge is 0.493 e. The summed E-state index contributed by atoms with van der Waals surface area (Å²) in [6, 6.07) is 15.3. The molecular weight excluding hydrogens is 390 g/mol. The van der Waals surface area contributed by atoms with E-state index in [0.29, 0.717) is 30.2 Å². The normalized spacial score (nSPS) is 10.7. The molecule has 2 aromatic carbocycles. The van der Waals surface area contributed by atoms with Gasteiger partial charge in [0.25, 0.3) is 5.91 Å². The van der Waals surface area contributed by atoms with Crippen molar-refractivity contribution >= 4 is 5.91 Å². The molecule has 3 aromatic rings. The van der Waals surface area contributed by atoms with E-state index in [9.17, 15) is 4.79 Å². The minimum absolute atomic E-state index is 0.0790. The Bertz CT molecular complexity index is 1030. The van der Waals surface area contributed by atoms with Crippen LogP contribution in [0, 0.1) is 13.8 Å². The number of benzene rings is 2. The first-order valence-electron chi connectivity index (χ1n) is 10.6. The van der Waals surface area contributed by atoms with Crippen LogP contribution in [0.25, 0.3) is 5.69 Å². The lowest BCUT2D eigenvalue weighted by atomic mass is 10.1. The average Bonchev–Trinajstić information content (AvgIpc) is 3.07. The van der Waals surface area contributed by atoms with E-state index in [-0.39, 0.29) is 5.91 Å². The molecule has 1 aromatic heterocycles. The number of aromatic nitrogens is 2. The van der Waals surface area contributed by atoms with Crippen LogP contribution in [-0.4, -0.2) is 41.4 Å². The van der Waals surface area contributed by atoms with Gasteiger partial charge in [0, 0.05) is 30.4 Å². The first-order valence-corrected chi connectivity index (χ1v) is 10.6. The lowest BCUT2D eigenvalue weighted by Gasteiger charge is -2.19. The summed E-state index contributed by atoms with van der Waals surface area (Å²) in [6.07, 6.45) is 2.03. The van der Waals surface area contributed by atoms with Gasteiger partial charge in [-0.1, -0.05) is 31.5 Å². The van der Waals surface area contributed by atoms with Crippen molar-refractivity contribution < 1.29 is 14.3 Å². The zero-order chi connectivity index (χ0) is 22.4. The van der Waals surface area contributed by atoms with Crippen LogP contribution in [0.1, 0.15) is 47.1 Å². The van der Waals surface area contributed by atoms with Crippen molar-refractivity contribution in [3.05, 3.63) is 71.0 Å². The fourth-order valence-electron chi connectivity index (χ4n) is 3.50. The highest BCUT2D eigenvalue weighted by molar-refractivity contribution is 5.94. The Labute approximate surface area is 184 Å². The van der Waals surface area contributed by atoms with Crippen molar-refractivity contribution in [3.63, 3.8) is 0 Å². The molecule has 0 unspecified atom stereocenters. The van der Waals surface area contributed by atoms with E-state index in [1.165, 1.54) is 0 Å². The Kier molecular flexibility index (Phi) is 7.34. The first-order chi connectivity index (χ1) is 15.0. The van der Waals surface area contributed by atoms with Crippen LogP contribution in [0.15, 0.2) is 48.5 Å². The van der Waals surface area contributed by atoms with Gasteiger partial charge in [-0.2, -0.15) is 5.10 Å². The molecule has 0 aliphatic rings. The second-order valence-electron chi connectivity index (χ2n) is 7.63. The van der Waals surface area contributed by atoms with Crippen molar-refractivity contribution in [2.75, 3.05) is 20.8 Å². The number of unbranched alkanes of at least 4 members (excludes halogenated alkanes) is 1. The van der Waals surface area contributed by atoms with Gasteiger partial charge < -0.3 is 14.4 Å². The third kappa shape index (κ3) is 5.08. The van der Waals surface area contributed by atoms with Crippen molar-refractivity contribution in [1.29, 1.82) is 0 Å². The zero-order valence-electron chi connectivity index (χ0n) is 19.0. The molecule has 0 bridgehead atoms. The van der Waals surface area contributed by atoms with Crippen LogP contribution in [0.3, 0.4) is 0 Å². The number of carbonyl (C=O) groups is 1. The number of nitrogens with zero attached hydrogens (tertiary/aromatic N) is 3. The zero-order valence-corrected chi connectivity index (χ0v) is 19.0. The second-order valence-corrected chi connectivity index (χ2v) is 7.63. The number of carbonyl (C=O) groups excluding carboxylic acids is 1. The third-order valence-corrected chi connectivity index (χ3v) is 5.35. The highest BCUT2D eigenvalue weighted by Crippen LogP contribution is 2.29. The maximum atomic E-state index is 13.1. The van der Waals surface area contributed by atoms with Crippen molar-refractivity contribution in [2.45, 2.75) is 40.2 Å². The molecule has 0 atom stereocenters. The van der Waals surface area contributed by atoms with E-state index in [0.717, 1.165) is 35.5 Å². The molecule has 6 nitrogen and oxygen atoms in total. The Morgan fingerprint density at radius 2 is 1.84 bits per heavy atom. The van der Waals surface area contributed by atoms with E-state index in [2.05, 4.69) is 12.0 Å². The SMILES string of the molecule is CCCCOc1ccc(C(=O)N(C)Cc2c(C)nn(-c3ccccc3)c2C)cc1OC. The van der Waals surface area contributed by atoms with Crippen LogP contribution in [0.5, 0.6) is 11.5 Å². The second kappa shape index (κ2) is 10.2. The lowest BCUT2D eigenvalue weighted by Crippen LogP contribution is -2.26. The van der Waals surface area contributed by atoms with Crippen LogP contribution in [0.2, 0.25) is 0 Å². The Morgan fingerprint density at radius 3 is 2.52 bits per heavy atom. The van der Waals surface area contributed by atoms with Gasteiger partial charge in [-0.25, -0.2) is 4.68 Å². The van der Waals surface area contributed by atoms with Crippen LogP contribution in [-0.2, 0) is 6.54 Å². The highest BCUT2D eigenvalue weighted by Gasteiger charge is 2.19. The maximum absolute atomic E-state index is 13.1. The number of amides is 1. The number of hydrogen-bond acceptors (Lipinski definition) is 4. The Morgan fingerprint density at radius 1 is 1.10 bits per heavy atom. The fourth-order valence-corrected chi connectivity index (χ4v) is 3.50. The summed E-state index contributed by atoms with van der Waals surface area (Å²) < 4.78 is 13.1. The minimum atomic E-state index is -0.0790. The van der Waals surface area contributed by atoms with Crippen molar-refractivity contribution in [3.8, 4) is 17.2 Å². The molecule has 0 aliphatic carbocycles. The van der Waals surface area contributed by atoms with Gasteiger partial charge in [-0.05, 0) is 50.6 Å². The smallest absolute Gasteiger partial charge is 0.254 e. The number of ether oxygens (including phenoxy) is 2. The molecule has 0 spiro atoms. The van der Waals surface area contributed by atoms with E-state index >= 15 is 0 Å². The van der Waals surface area contributed by atoms with Crippen molar-refractivity contribution in [2.24, 2.45) is 0 Å². The number of para-hydroxylation sites is 1. The monoisotopic (exact) mass is 421 g/mol. The Balaban J connectivity index is 1.77. The van der Waals surface area contributed by atoms with Gasteiger partial charge in [0.05, 0.1) is 25.1 Å². The van der Waals surface area contributed by atoms with Crippen molar-refractivity contribution in [1.82, 2.24) is 14.7 Å². The molecule has 0 aliphatic heterocycles. The summed E-state index contributed by atoms with van der Waals surface area (Å²) in [5, 5.41) is 4.68. The van der Waals surface area contributed by atoms with Gasteiger partial charge in [0.1, 0.15) is 0 Å². The minimum Gasteiger partial charge on any atom is -0.493 e. The summed E-state index contributed by atoms with van der Waals surface area (Å²) in [6.45, 7) is 7.23. The summed E-state index contributed by atoms with van der Waals surface area (Å²) >= 11 is 0. The van der Waals surface area contributed by atoms with Crippen LogP contribution >= 0.6 is 0 Å². The third-order valence-electron chi connectivity index (χ3n) is 5.35. The molecule has 1 amide bonds. The fraction of sp³-hybridized carbons (Fsp3) is 0.360. The van der Waals surface area contributed by atoms with E-state index in [4.69, 9.17) is 9.47 Å². The summed E-state index contributed by atoms with van der Waals surface area (Å²) in [7, 11) is 3.39. The molecular formula is C25H31N3O3. The molecule has 0 fully saturated rings. The molecule has 0 saturated heterocycles. The molecule has 0 N–H and O–H groups in total. The maximum Gasteiger partial charge on any atom is 0.254 e. The van der Waals surface area contributed by atoms with Gasteiger partial charge in [0.15, 0.2) is 11.5 Å². The Hall–Kier alpha value is -3.28. The molecule has 3 rings (SSSR count). The molecule has 0 saturated carbocycles. The number of rotatable bonds is 9. The lowest BCUT2D eigenvalue weighted by molar-refractivity contribution is 0.0784. The van der Waals surface area contributed by atoms with E-state index < -0.39 is 0 Å². The molecule has 6 heteroatoms. The van der Waals surface area contributed by atoms with Gasteiger partial charge in [-0.3, -0.25) is 4.79 Å². The van der Waals surface area contributed by atoms with Gasteiger partial charge in [0.2, 0.25) is 0 Å². The van der Waals surface area contributed by atoms with E-state index in [1.807, 2.05) is 48.9 Å².